The summed E-state index contributed by atoms with van der Waals surface area (Å²) >= 11 is 0. The molecule has 0 saturated carbocycles. The third-order valence-electron chi connectivity index (χ3n) is 3.21. The summed E-state index contributed by atoms with van der Waals surface area (Å²) in [5.74, 6) is -0.200. The van der Waals surface area contributed by atoms with Crippen LogP contribution < -0.4 is 5.32 Å². The Kier molecular flexibility index (Phi) is 4.74. The predicted octanol–water partition coefficient (Wildman–Crippen LogP) is 4.06. The number of nitrogens with zero attached hydrogens (tertiary/aromatic N) is 1. The molecule has 0 radical (unpaired) electrons. The van der Waals surface area contributed by atoms with Crippen LogP contribution in [-0.4, -0.2) is 19.0 Å². The molecular weight excluding hydrogens is 251 g/mol. The number of hydrogen-bond acceptors (Lipinski definition) is 2. The van der Waals surface area contributed by atoms with Crippen LogP contribution in [0.15, 0.2) is 48.5 Å². The Hall–Kier alpha value is -1.87. The van der Waals surface area contributed by atoms with Crippen molar-refractivity contribution in [3.63, 3.8) is 0 Å². The standard InChI is InChI=1S/C17H21FN2/c1-13(15-6-8-16(18)9-7-15)19-17-10-4-14(5-11-17)12-20(2)3/h4-11,13,19H,12H2,1-3H3. The number of rotatable bonds is 5. The van der Waals surface area contributed by atoms with Crippen LogP contribution in [0.3, 0.4) is 0 Å². The van der Waals surface area contributed by atoms with Gasteiger partial charge in [-0.05, 0) is 56.4 Å². The van der Waals surface area contributed by atoms with Crippen molar-refractivity contribution in [3.8, 4) is 0 Å². The maximum atomic E-state index is 12.9. The molecule has 2 nitrogen and oxygen atoms in total. The van der Waals surface area contributed by atoms with E-state index >= 15 is 0 Å². The summed E-state index contributed by atoms with van der Waals surface area (Å²) in [5.41, 5.74) is 3.43. The first-order chi connectivity index (χ1) is 9.54. The molecule has 106 valence electrons. The van der Waals surface area contributed by atoms with Gasteiger partial charge in [0.1, 0.15) is 5.82 Å². The molecule has 0 fully saturated rings. The lowest BCUT2D eigenvalue weighted by Gasteiger charge is -2.16. The van der Waals surface area contributed by atoms with Crippen LogP contribution >= 0.6 is 0 Å². The van der Waals surface area contributed by atoms with Gasteiger partial charge in [-0.1, -0.05) is 24.3 Å². The zero-order chi connectivity index (χ0) is 14.5. The highest BCUT2D eigenvalue weighted by atomic mass is 19.1. The molecule has 1 atom stereocenters. The van der Waals surface area contributed by atoms with Crippen molar-refractivity contribution in [2.24, 2.45) is 0 Å². The summed E-state index contributed by atoms with van der Waals surface area (Å²) in [4.78, 5) is 2.14. The van der Waals surface area contributed by atoms with E-state index in [1.54, 1.807) is 0 Å². The molecule has 0 bridgehead atoms. The van der Waals surface area contributed by atoms with E-state index in [1.807, 2.05) is 12.1 Å². The summed E-state index contributed by atoms with van der Waals surface area (Å²) in [5, 5.41) is 3.42. The van der Waals surface area contributed by atoms with E-state index in [9.17, 15) is 4.39 Å². The van der Waals surface area contributed by atoms with Crippen molar-refractivity contribution in [1.82, 2.24) is 4.90 Å². The minimum absolute atomic E-state index is 0.148. The zero-order valence-corrected chi connectivity index (χ0v) is 12.2. The van der Waals surface area contributed by atoms with Gasteiger partial charge < -0.3 is 10.2 Å². The fourth-order valence-electron chi connectivity index (χ4n) is 2.16. The smallest absolute Gasteiger partial charge is 0.123 e. The molecule has 2 aromatic rings. The first kappa shape index (κ1) is 14.5. The summed E-state index contributed by atoms with van der Waals surface area (Å²) in [7, 11) is 4.12. The summed E-state index contributed by atoms with van der Waals surface area (Å²) in [6, 6.07) is 15.2. The van der Waals surface area contributed by atoms with Crippen LogP contribution in [0.1, 0.15) is 24.1 Å². The SMILES string of the molecule is CC(Nc1ccc(CN(C)C)cc1)c1ccc(F)cc1. The van der Waals surface area contributed by atoms with Crippen molar-refractivity contribution >= 4 is 5.69 Å². The Morgan fingerprint density at radius 1 is 1.00 bits per heavy atom. The van der Waals surface area contributed by atoms with Gasteiger partial charge in [-0.25, -0.2) is 4.39 Å². The Labute approximate surface area is 120 Å². The third kappa shape index (κ3) is 4.07. The van der Waals surface area contributed by atoms with E-state index in [1.165, 1.54) is 17.7 Å². The zero-order valence-electron chi connectivity index (χ0n) is 12.2. The Bertz CT molecular complexity index is 532. The molecule has 20 heavy (non-hydrogen) atoms. The second-order valence-electron chi connectivity index (χ2n) is 5.35. The molecule has 0 aliphatic rings. The number of benzene rings is 2. The van der Waals surface area contributed by atoms with Gasteiger partial charge in [-0.3, -0.25) is 0 Å². The largest absolute Gasteiger partial charge is 0.379 e. The average molecular weight is 272 g/mol. The van der Waals surface area contributed by atoms with Crippen LogP contribution in [0.5, 0.6) is 0 Å². The van der Waals surface area contributed by atoms with Gasteiger partial charge in [0.25, 0.3) is 0 Å². The van der Waals surface area contributed by atoms with Crippen molar-refractivity contribution in [2.75, 3.05) is 19.4 Å². The molecule has 0 saturated heterocycles. The van der Waals surface area contributed by atoms with E-state index in [0.717, 1.165) is 17.8 Å². The highest BCUT2D eigenvalue weighted by Crippen LogP contribution is 2.20. The highest BCUT2D eigenvalue weighted by molar-refractivity contribution is 5.46. The fraction of sp³-hybridized carbons (Fsp3) is 0.294. The first-order valence-corrected chi connectivity index (χ1v) is 6.80. The van der Waals surface area contributed by atoms with Gasteiger partial charge in [-0.15, -0.1) is 0 Å². The van der Waals surface area contributed by atoms with E-state index in [2.05, 4.69) is 55.5 Å². The summed E-state index contributed by atoms with van der Waals surface area (Å²) in [6.45, 7) is 3.01. The molecule has 3 heteroatoms. The second-order valence-corrected chi connectivity index (χ2v) is 5.35. The predicted molar refractivity (Wildman–Crippen MR) is 82.3 cm³/mol. The highest BCUT2D eigenvalue weighted by Gasteiger charge is 2.05. The average Bonchev–Trinajstić information content (AvgIpc) is 2.41. The molecule has 0 aliphatic carbocycles. The third-order valence-corrected chi connectivity index (χ3v) is 3.21. The molecule has 0 spiro atoms. The Morgan fingerprint density at radius 2 is 1.60 bits per heavy atom. The Morgan fingerprint density at radius 3 is 2.15 bits per heavy atom. The fourth-order valence-corrected chi connectivity index (χ4v) is 2.16. The van der Waals surface area contributed by atoms with Crippen molar-refractivity contribution in [2.45, 2.75) is 19.5 Å². The Balaban J connectivity index is 2.00. The topological polar surface area (TPSA) is 15.3 Å². The van der Waals surface area contributed by atoms with E-state index in [-0.39, 0.29) is 11.9 Å². The van der Waals surface area contributed by atoms with Crippen LogP contribution in [0.4, 0.5) is 10.1 Å². The maximum absolute atomic E-state index is 12.9. The van der Waals surface area contributed by atoms with Crippen LogP contribution in [0.25, 0.3) is 0 Å². The molecule has 0 amide bonds. The molecule has 2 aromatic carbocycles. The minimum atomic E-state index is -0.200. The van der Waals surface area contributed by atoms with Crippen LogP contribution in [0, 0.1) is 5.82 Å². The summed E-state index contributed by atoms with van der Waals surface area (Å²) in [6.07, 6.45) is 0. The normalized spacial score (nSPS) is 12.4. The molecule has 1 N–H and O–H groups in total. The number of halogens is 1. The van der Waals surface area contributed by atoms with E-state index < -0.39 is 0 Å². The van der Waals surface area contributed by atoms with Crippen LogP contribution in [0.2, 0.25) is 0 Å². The van der Waals surface area contributed by atoms with Gasteiger partial charge in [0.2, 0.25) is 0 Å². The molecular formula is C17H21FN2. The molecule has 2 rings (SSSR count). The lowest BCUT2D eigenvalue weighted by atomic mass is 10.1. The lowest BCUT2D eigenvalue weighted by molar-refractivity contribution is 0.402. The van der Waals surface area contributed by atoms with Crippen molar-refractivity contribution in [1.29, 1.82) is 0 Å². The van der Waals surface area contributed by atoms with Gasteiger partial charge in [0.15, 0.2) is 0 Å². The second kappa shape index (κ2) is 6.53. The van der Waals surface area contributed by atoms with Gasteiger partial charge >= 0.3 is 0 Å². The van der Waals surface area contributed by atoms with Crippen molar-refractivity contribution < 1.29 is 4.39 Å². The quantitative estimate of drug-likeness (QED) is 0.883. The molecule has 0 heterocycles. The van der Waals surface area contributed by atoms with Gasteiger partial charge in [0.05, 0.1) is 0 Å². The summed E-state index contributed by atoms with van der Waals surface area (Å²) < 4.78 is 12.9. The van der Waals surface area contributed by atoms with Gasteiger partial charge in [-0.2, -0.15) is 0 Å². The van der Waals surface area contributed by atoms with Gasteiger partial charge in [0, 0.05) is 18.3 Å². The molecule has 1 unspecified atom stereocenters. The first-order valence-electron chi connectivity index (χ1n) is 6.80. The molecule has 0 aromatic heterocycles. The number of anilines is 1. The lowest BCUT2D eigenvalue weighted by Crippen LogP contribution is -2.11. The minimum Gasteiger partial charge on any atom is -0.379 e. The van der Waals surface area contributed by atoms with E-state index in [4.69, 9.17) is 0 Å². The maximum Gasteiger partial charge on any atom is 0.123 e. The number of nitrogens with one attached hydrogen (secondary N) is 1. The van der Waals surface area contributed by atoms with Crippen molar-refractivity contribution in [3.05, 3.63) is 65.5 Å². The van der Waals surface area contributed by atoms with E-state index in [0.29, 0.717) is 0 Å². The van der Waals surface area contributed by atoms with Crippen LogP contribution in [-0.2, 0) is 6.54 Å². The molecule has 0 aliphatic heterocycles. The number of hydrogen-bond donors (Lipinski definition) is 1. The monoisotopic (exact) mass is 272 g/mol.